The van der Waals surface area contributed by atoms with Crippen molar-refractivity contribution >= 4 is 29.9 Å². The molecule has 2 rings (SSSR count). The van der Waals surface area contributed by atoms with Gasteiger partial charge in [-0.25, -0.2) is 0 Å². The van der Waals surface area contributed by atoms with E-state index >= 15 is 0 Å². The van der Waals surface area contributed by atoms with E-state index in [2.05, 4.69) is 28.6 Å². The number of halogens is 1. The van der Waals surface area contributed by atoms with E-state index < -0.39 is 0 Å². The summed E-state index contributed by atoms with van der Waals surface area (Å²) < 4.78 is 10.9. The monoisotopic (exact) mass is 465 g/mol. The molecule has 0 saturated heterocycles. The summed E-state index contributed by atoms with van der Waals surface area (Å²) in [6.45, 7) is 7.31. The van der Waals surface area contributed by atoms with Crippen molar-refractivity contribution in [2.45, 2.75) is 51.9 Å². The third kappa shape index (κ3) is 8.26. The maximum absolute atomic E-state index is 5.60. The van der Waals surface area contributed by atoms with Gasteiger partial charge in [0.25, 0.3) is 0 Å². The van der Waals surface area contributed by atoms with Crippen molar-refractivity contribution in [2.75, 3.05) is 46.6 Å². The Labute approximate surface area is 170 Å². The van der Waals surface area contributed by atoms with Crippen LogP contribution in [0.4, 0.5) is 0 Å². The van der Waals surface area contributed by atoms with Gasteiger partial charge in [0.1, 0.15) is 0 Å². The van der Waals surface area contributed by atoms with E-state index in [1.165, 1.54) is 31.3 Å². The van der Waals surface area contributed by atoms with Crippen molar-refractivity contribution < 1.29 is 9.47 Å². The number of guanidine groups is 1. The standard InChI is InChI=1S/C19H35N3O2.HI/c1-3-23-15-11-19(9-4-5-10-19)16-22-18(20-2)21-12-6-17-7-13-24-14-8-17;/h7H,3-6,8-16H2,1-2H3,(H2,20,21,22);1H. The van der Waals surface area contributed by atoms with Gasteiger partial charge in [0.15, 0.2) is 5.96 Å². The summed E-state index contributed by atoms with van der Waals surface area (Å²) in [6.07, 6.45) is 10.8. The maximum atomic E-state index is 5.60. The van der Waals surface area contributed by atoms with E-state index in [1.54, 1.807) is 0 Å². The first kappa shape index (κ1) is 22.7. The zero-order valence-corrected chi connectivity index (χ0v) is 18.3. The van der Waals surface area contributed by atoms with Crippen molar-refractivity contribution in [1.29, 1.82) is 0 Å². The summed E-state index contributed by atoms with van der Waals surface area (Å²) >= 11 is 0. The quantitative estimate of drug-likeness (QED) is 0.180. The molecule has 0 aromatic heterocycles. The maximum Gasteiger partial charge on any atom is 0.191 e. The molecular formula is C19H36IN3O2. The van der Waals surface area contributed by atoms with Gasteiger partial charge in [-0.3, -0.25) is 4.99 Å². The molecule has 1 heterocycles. The molecule has 0 aromatic carbocycles. The van der Waals surface area contributed by atoms with E-state index in [4.69, 9.17) is 9.47 Å². The fourth-order valence-corrected chi connectivity index (χ4v) is 3.70. The van der Waals surface area contributed by atoms with Crippen molar-refractivity contribution in [3.05, 3.63) is 11.6 Å². The highest BCUT2D eigenvalue weighted by molar-refractivity contribution is 14.0. The molecule has 146 valence electrons. The number of hydrogen-bond donors (Lipinski definition) is 2. The van der Waals surface area contributed by atoms with Crippen LogP contribution in [0.15, 0.2) is 16.6 Å². The lowest BCUT2D eigenvalue weighted by Crippen LogP contribution is -2.43. The molecule has 2 aliphatic rings. The highest BCUT2D eigenvalue weighted by atomic mass is 127. The average Bonchev–Trinajstić information content (AvgIpc) is 3.08. The molecule has 2 N–H and O–H groups in total. The highest BCUT2D eigenvalue weighted by Gasteiger charge is 2.33. The first-order valence-electron chi connectivity index (χ1n) is 9.56. The van der Waals surface area contributed by atoms with Crippen molar-refractivity contribution in [3.8, 4) is 0 Å². The summed E-state index contributed by atoms with van der Waals surface area (Å²) in [5.74, 6) is 0.922. The molecule has 25 heavy (non-hydrogen) atoms. The van der Waals surface area contributed by atoms with Gasteiger partial charge >= 0.3 is 0 Å². The summed E-state index contributed by atoms with van der Waals surface area (Å²) in [4.78, 5) is 4.38. The summed E-state index contributed by atoms with van der Waals surface area (Å²) in [5.41, 5.74) is 1.88. The third-order valence-corrected chi connectivity index (χ3v) is 5.30. The zero-order chi connectivity index (χ0) is 17.1. The first-order valence-corrected chi connectivity index (χ1v) is 9.56. The van der Waals surface area contributed by atoms with E-state index in [1.807, 2.05) is 7.05 Å². The Morgan fingerprint density at radius 2 is 2.12 bits per heavy atom. The summed E-state index contributed by atoms with van der Waals surface area (Å²) in [6, 6.07) is 0. The van der Waals surface area contributed by atoms with Crippen LogP contribution in [0.1, 0.15) is 51.9 Å². The van der Waals surface area contributed by atoms with Crippen LogP contribution in [0.2, 0.25) is 0 Å². The van der Waals surface area contributed by atoms with Gasteiger partial charge in [-0.1, -0.05) is 24.5 Å². The normalized spacial score (nSPS) is 19.9. The molecule has 0 bridgehead atoms. The molecule has 6 heteroatoms. The lowest BCUT2D eigenvalue weighted by molar-refractivity contribution is 0.105. The number of nitrogens with one attached hydrogen (secondary N) is 2. The van der Waals surface area contributed by atoms with Crippen LogP contribution in [0, 0.1) is 5.41 Å². The van der Waals surface area contributed by atoms with Crippen LogP contribution >= 0.6 is 24.0 Å². The number of rotatable bonds is 9. The van der Waals surface area contributed by atoms with Crippen LogP contribution in [-0.2, 0) is 9.47 Å². The predicted octanol–water partition coefficient (Wildman–Crippen LogP) is 3.49. The van der Waals surface area contributed by atoms with Gasteiger partial charge in [-0.2, -0.15) is 0 Å². The predicted molar refractivity (Wildman–Crippen MR) is 115 cm³/mol. The van der Waals surface area contributed by atoms with E-state index in [0.29, 0.717) is 5.41 Å². The Balaban J connectivity index is 0.00000312. The zero-order valence-electron chi connectivity index (χ0n) is 15.9. The Bertz CT molecular complexity index is 421. The molecule has 0 amide bonds. The molecule has 1 fully saturated rings. The van der Waals surface area contributed by atoms with Gasteiger partial charge in [0, 0.05) is 33.4 Å². The largest absolute Gasteiger partial charge is 0.382 e. The van der Waals surface area contributed by atoms with E-state index in [-0.39, 0.29) is 24.0 Å². The Morgan fingerprint density at radius 3 is 2.76 bits per heavy atom. The molecule has 1 aliphatic carbocycles. The molecular weight excluding hydrogens is 429 g/mol. The number of ether oxygens (including phenoxy) is 2. The van der Waals surface area contributed by atoms with Crippen molar-refractivity contribution in [3.63, 3.8) is 0 Å². The Kier molecular flexibility index (Phi) is 11.7. The average molecular weight is 465 g/mol. The smallest absolute Gasteiger partial charge is 0.191 e. The van der Waals surface area contributed by atoms with Crippen LogP contribution in [0.25, 0.3) is 0 Å². The van der Waals surface area contributed by atoms with Gasteiger partial charge < -0.3 is 20.1 Å². The minimum atomic E-state index is 0. The van der Waals surface area contributed by atoms with E-state index in [0.717, 1.165) is 64.7 Å². The van der Waals surface area contributed by atoms with E-state index in [9.17, 15) is 0 Å². The Hall–Kier alpha value is -0.340. The van der Waals surface area contributed by atoms with Crippen molar-refractivity contribution in [2.24, 2.45) is 10.4 Å². The molecule has 0 radical (unpaired) electrons. The second kappa shape index (κ2) is 12.9. The lowest BCUT2D eigenvalue weighted by Gasteiger charge is -2.30. The van der Waals surface area contributed by atoms with Crippen LogP contribution in [0.5, 0.6) is 0 Å². The first-order chi connectivity index (χ1) is 11.8. The molecule has 0 unspecified atom stereocenters. The third-order valence-electron chi connectivity index (χ3n) is 5.30. The highest BCUT2D eigenvalue weighted by Crippen LogP contribution is 2.40. The molecule has 0 atom stereocenters. The lowest BCUT2D eigenvalue weighted by atomic mass is 9.83. The SMILES string of the molecule is CCOCCC1(CNC(=NC)NCCC2=CCOCC2)CCCC1.I. The van der Waals surface area contributed by atoms with Crippen LogP contribution in [0.3, 0.4) is 0 Å². The topological polar surface area (TPSA) is 54.9 Å². The van der Waals surface area contributed by atoms with Crippen LogP contribution < -0.4 is 10.6 Å². The second-order valence-corrected chi connectivity index (χ2v) is 6.94. The number of nitrogens with zero attached hydrogens (tertiary/aromatic N) is 1. The van der Waals surface area contributed by atoms with Crippen LogP contribution in [-0.4, -0.2) is 52.5 Å². The minimum Gasteiger partial charge on any atom is -0.382 e. The minimum absolute atomic E-state index is 0. The van der Waals surface area contributed by atoms with Gasteiger partial charge in [0.05, 0.1) is 13.2 Å². The fourth-order valence-electron chi connectivity index (χ4n) is 3.70. The number of hydrogen-bond acceptors (Lipinski definition) is 3. The summed E-state index contributed by atoms with van der Waals surface area (Å²) in [5, 5.41) is 7.01. The van der Waals surface area contributed by atoms with Crippen molar-refractivity contribution in [1.82, 2.24) is 10.6 Å². The molecule has 0 spiro atoms. The Morgan fingerprint density at radius 1 is 1.32 bits per heavy atom. The molecule has 5 nitrogen and oxygen atoms in total. The van der Waals surface area contributed by atoms with Gasteiger partial charge in [0.2, 0.25) is 0 Å². The number of aliphatic imine (C=N–C) groups is 1. The summed E-state index contributed by atoms with van der Waals surface area (Å²) in [7, 11) is 1.85. The molecule has 1 aliphatic heterocycles. The fraction of sp³-hybridized carbons (Fsp3) is 0.842. The molecule has 0 aromatic rings. The second-order valence-electron chi connectivity index (χ2n) is 6.94. The van der Waals surface area contributed by atoms with Gasteiger partial charge in [-0.05, 0) is 44.4 Å². The van der Waals surface area contributed by atoms with Gasteiger partial charge in [-0.15, -0.1) is 24.0 Å². The molecule has 1 saturated carbocycles.